The number of rotatable bonds is 3. The van der Waals surface area contributed by atoms with Crippen LogP contribution >= 0.6 is 0 Å². The maximum atomic E-state index is 10.6. The van der Waals surface area contributed by atoms with Gasteiger partial charge in [0, 0.05) is 0 Å². The van der Waals surface area contributed by atoms with Gasteiger partial charge in [-0.25, -0.2) is 13.2 Å². The van der Waals surface area contributed by atoms with E-state index in [1.807, 2.05) is 0 Å². The Morgan fingerprint density at radius 1 is 1.45 bits per heavy atom. The molecular formula is C5H10NO4S. The van der Waals surface area contributed by atoms with Gasteiger partial charge in [0.1, 0.15) is 0 Å². The Morgan fingerprint density at radius 3 is 2.36 bits per heavy atom. The molecule has 0 saturated heterocycles. The maximum absolute atomic E-state index is 10.6. The molecule has 1 amide bonds. The van der Waals surface area contributed by atoms with E-state index in [9.17, 15) is 13.2 Å². The highest BCUT2D eigenvalue weighted by Crippen LogP contribution is 1.87. The Labute approximate surface area is 65.8 Å². The molecule has 65 valence electrons. The minimum atomic E-state index is -3.59. The number of hydrogen-bond acceptors (Lipinski definition) is 4. The van der Waals surface area contributed by atoms with Crippen LogP contribution in [0.25, 0.3) is 0 Å². The molecule has 0 atom stereocenters. The second kappa shape index (κ2) is 4.17. The summed E-state index contributed by atoms with van der Waals surface area (Å²) < 4.78 is 28.4. The fourth-order valence-electron chi connectivity index (χ4n) is 0.328. The Morgan fingerprint density at radius 2 is 2.00 bits per heavy atom. The van der Waals surface area contributed by atoms with Gasteiger partial charge in [0.2, 0.25) is 0 Å². The van der Waals surface area contributed by atoms with Crippen molar-refractivity contribution in [3.63, 3.8) is 0 Å². The van der Waals surface area contributed by atoms with Gasteiger partial charge < -0.3 is 4.74 Å². The molecule has 0 unspecified atom stereocenters. The molecule has 0 aromatic heterocycles. The van der Waals surface area contributed by atoms with Crippen molar-refractivity contribution in [3.05, 3.63) is 0 Å². The van der Waals surface area contributed by atoms with Crippen LogP contribution in [-0.4, -0.2) is 26.9 Å². The number of carbonyl (C=O) groups is 1. The molecular weight excluding hydrogens is 170 g/mol. The SMILES string of the molecule is CCOC(=O)[N]S(=O)(=O)CC. The van der Waals surface area contributed by atoms with Crippen LogP contribution < -0.4 is 4.72 Å². The highest BCUT2D eigenvalue weighted by Gasteiger charge is 2.14. The van der Waals surface area contributed by atoms with E-state index in [-0.39, 0.29) is 12.4 Å². The topological polar surface area (TPSA) is 74.5 Å². The van der Waals surface area contributed by atoms with E-state index in [0.717, 1.165) is 0 Å². The summed E-state index contributed by atoms with van der Waals surface area (Å²) in [6.07, 6.45) is -1.05. The summed E-state index contributed by atoms with van der Waals surface area (Å²) in [7, 11) is -3.59. The molecule has 0 aliphatic rings. The van der Waals surface area contributed by atoms with E-state index in [4.69, 9.17) is 0 Å². The zero-order chi connectivity index (χ0) is 8.91. The first kappa shape index (κ1) is 10.2. The summed E-state index contributed by atoms with van der Waals surface area (Å²) in [6, 6.07) is 0. The molecule has 0 aliphatic heterocycles. The molecule has 0 spiro atoms. The summed E-state index contributed by atoms with van der Waals surface area (Å²) in [5, 5.41) is 0. The van der Waals surface area contributed by atoms with Crippen molar-refractivity contribution in [2.45, 2.75) is 13.8 Å². The third kappa shape index (κ3) is 4.60. The van der Waals surface area contributed by atoms with Gasteiger partial charge in [0.15, 0.2) is 0 Å². The van der Waals surface area contributed by atoms with Crippen molar-refractivity contribution in [2.75, 3.05) is 12.4 Å². The standard InChI is InChI=1S/C5H10NO4S/c1-3-10-5(7)6-11(8,9)4-2/h3-4H2,1-2H3. The molecule has 0 heterocycles. The molecule has 0 aromatic carbocycles. The molecule has 0 rings (SSSR count). The molecule has 0 aliphatic carbocycles. The molecule has 0 fully saturated rings. The number of sulfonamides is 1. The van der Waals surface area contributed by atoms with E-state index in [0.29, 0.717) is 0 Å². The quantitative estimate of drug-likeness (QED) is 0.617. The van der Waals surface area contributed by atoms with E-state index in [1.54, 1.807) is 6.92 Å². The number of nitrogens with zero attached hydrogens (tertiary/aromatic N) is 1. The molecule has 1 radical (unpaired) electrons. The lowest BCUT2D eigenvalue weighted by molar-refractivity contribution is 0.158. The van der Waals surface area contributed by atoms with E-state index in [1.165, 1.54) is 6.92 Å². The highest BCUT2D eigenvalue weighted by atomic mass is 32.2. The third-order valence-electron chi connectivity index (χ3n) is 0.846. The van der Waals surface area contributed by atoms with Crippen molar-refractivity contribution in [1.82, 2.24) is 4.72 Å². The Balaban J connectivity index is 3.95. The lowest BCUT2D eigenvalue weighted by Crippen LogP contribution is -2.25. The fraction of sp³-hybridized carbons (Fsp3) is 0.800. The summed E-state index contributed by atoms with van der Waals surface area (Å²) >= 11 is 0. The highest BCUT2D eigenvalue weighted by molar-refractivity contribution is 7.89. The van der Waals surface area contributed by atoms with Crippen molar-refractivity contribution >= 4 is 16.1 Å². The van der Waals surface area contributed by atoms with Crippen molar-refractivity contribution in [2.24, 2.45) is 0 Å². The number of ether oxygens (including phenoxy) is 1. The second-order valence-electron chi connectivity index (χ2n) is 1.66. The van der Waals surface area contributed by atoms with Crippen molar-refractivity contribution < 1.29 is 17.9 Å². The van der Waals surface area contributed by atoms with Gasteiger partial charge >= 0.3 is 6.09 Å². The van der Waals surface area contributed by atoms with Gasteiger partial charge in [-0.3, -0.25) is 0 Å². The van der Waals surface area contributed by atoms with Gasteiger partial charge in [0.05, 0.1) is 12.4 Å². The molecule has 5 nitrogen and oxygen atoms in total. The van der Waals surface area contributed by atoms with Crippen LogP contribution in [0.2, 0.25) is 0 Å². The lowest BCUT2D eigenvalue weighted by Gasteiger charge is -1.99. The minimum Gasteiger partial charge on any atom is -0.448 e. The van der Waals surface area contributed by atoms with Crippen LogP contribution in [0, 0.1) is 0 Å². The molecule has 11 heavy (non-hydrogen) atoms. The number of carbonyl (C=O) groups excluding carboxylic acids is 1. The van der Waals surface area contributed by atoms with Gasteiger partial charge in [-0.2, -0.15) is 0 Å². The van der Waals surface area contributed by atoms with Crippen molar-refractivity contribution in [1.29, 1.82) is 0 Å². The van der Waals surface area contributed by atoms with Gasteiger partial charge in [-0.05, 0) is 13.8 Å². The molecule has 0 N–H and O–H groups in total. The maximum Gasteiger partial charge on any atom is 0.444 e. The second-order valence-corrected chi connectivity index (χ2v) is 3.58. The van der Waals surface area contributed by atoms with Crippen molar-refractivity contribution in [3.8, 4) is 0 Å². The van der Waals surface area contributed by atoms with Crippen LogP contribution in [0.1, 0.15) is 13.8 Å². The zero-order valence-corrected chi connectivity index (χ0v) is 7.22. The molecule has 0 aromatic rings. The monoisotopic (exact) mass is 180 g/mol. The summed E-state index contributed by atoms with van der Waals surface area (Å²) in [6.45, 7) is 3.10. The number of hydrogen-bond donors (Lipinski definition) is 0. The summed E-state index contributed by atoms with van der Waals surface area (Å²) in [4.78, 5) is 10.4. The van der Waals surface area contributed by atoms with E-state index >= 15 is 0 Å². The largest absolute Gasteiger partial charge is 0.448 e. The molecule has 6 heteroatoms. The Hall–Kier alpha value is -0.780. The molecule has 0 bridgehead atoms. The van der Waals surface area contributed by atoms with Gasteiger partial charge in [-0.1, -0.05) is 4.72 Å². The molecule has 0 saturated carbocycles. The first-order valence-corrected chi connectivity index (χ1v) is 4.75. The fourth-order valence-corrected chi connectivity index (χ4v) is 0.737. The lowest BCUT2D eigenvalue weighted by atomic mass is 10.9. The van der Waals surface area contributed by atoms with Crippen LogP contribution in [-0.2, 0) is 14.8 Å². The Kier molecular flexibility index (Phi) is 3.88. The first-order chi connectivity index (χ1) is 5.02. The summed E-state index contributed by atoms with van der Waals surface area (Å²) in [5.41, 5.74) is 0. The predicted octanol–water partition coefficient (Wildman–Crippen LogP) is 0.0970. The van der Waals surface area contributed by atoms with Gasteiger partial charge in [0.25, 0.3) is 10.0 Å². The Bertz CT molecular complexity index is 221. The summed E-state index contributed by atoms with van der Waals surface area (Å²) in [5.74, 6) is -0.189. The van der Waals surface area contributed by atoms with Gasteiger partial charge in [-0.15, -0.1) is 0 Å². The van der Waals surface area contributed by atoms with E-state index < -0.39 is 16.1 Å². The average Bonchev–Trinajstić information content (AvgIpc) is 1.87. The third-order valence-corrected chi connectivity index (χ3v) is 2.00. The smallest absolute Gasteiger partial charge is 0.444 e. The predicted molar refractivity (Wildman–Crippen MR) is 38.6 cm³/mol. The number of amides is 1. The van der Waals surface area contributed by atoms with Crippen LogP contribution in [0.4, 0.5) is 4.79 Å². The zero-order valence-electron chi connectivity index (χ0n) is 6.40. The first-order valence-electron chi connectivity index (χ1n) is 3.14. The normalized spacial score (nSPS) is 10.7. The van der Waals surface area contributed by atoms with Crippen LogP contribution in [0.15, 0.2) is 0 Å². The minimum absolute atomic E-state index is 0.127. The van der Waals surface area contributed by atoms with E-state index in [2.05, 4.69) is 9.46 Å². The van der Waals surface area contributed by atoms with Crippen LogP contribution in [0.5, 0.6) is 0 Å². The average molecular weight is 180 g/mol. The van der Waals surface area contributed by atoms with Crippen LogP contribution in [0.3, 0.4) is 0 Å².